The van der Waals surface area contributed by atoms with Crippen LogP contribution in [0.1, 0.15) is 58.2 Å². The average Bonchev–Trinajstić information content (AvgIpc) is 2.33. The van der Waals surface area contributed by atoms with Gasteiger partial charge in [-0.3, -0.25) is 4.79 Å². The van der Waals surface area contributed by atoms with Crippen molar-refractivity contribution in [3.05, 3.63) is 39.9 Å². The van der Waals surface area contributed by atoms with E-state index in [0.717, 1.165) is 11.1 Å². The zero-order valence-corrected chi connectivity index (χ0v) is 15.0. The summed E-state index contributed by atoms with van der Waals surface area (Å²) in [5, 5.41) is 0.207. The van der Waals surface area contributed by atoms with Crippen molar-refractivity contribution in [2.24, 2.45) is 5.41 Å². The molecule has 3 heteroatoms. The van der Waals surface area contributed by atoms with E-state index in [1.165, 1.54) is 5.56 Å². The first-order valence-corrected chi connectivity index (χ1v) is 7.90. The monoisotopic (exact) mass is 324 g/mol. The summed E-state index contributed by atoms with van der Waals surface area (Å²) in [5.41, 5.74) is 2.59. The van der Waals surface area contributed by atoms with E-state index in [4.69, 9.17) is 23.2 Å². The van der Waals surface area contributed by atoms with Crippen LogP contribution in [0.4, 0.5) is 0 Å². The lowest BCUT2D eigenvalue weighted by Gasteiger charge is -2.41. The van der Waals surface area contributed by atoms with Crippen LogP contribution >= 0.6 is 23.2 Å². The molecule has 0 bridgehead atoms. The van der Waals surface area contributed by atoms with Gasteiger partial charge < -0.3 is 0 Å². The maximum atomic E-state index is 12.6. The highest BCUT2D eigenvalue weighted by Crippen LogP contribution is 2.52. The zero-order chi connectivity index (χ0) is 16.2. The van der Waals surface area contributed by atoms with E-state index in [9.17, 15) is 4.79 Å². The summed E-state index contributed by atoms with van der Waals surface area (Å²) in [7, 11) is 0. The fraction of sp³-hybridized carbons (Fsp3) is 0.500. The normalized spacial score (nSPS) is 22.9. The van der Waals surface area contributed by atoms with Gasteiger partial charge in [0.05, 0.1) is 5.03 Å². The van der Waals surface area contributed by atoms with Crippen LogP contribution in [0.15, 0.2) is 23.2 Å². The van der Waals surface area contributed by atoms with Crippen LogP contribution < -0.4 is 0 Å². The molecule has 1 aliphatic rings. The number of rotatable bonds is 0. The summed E-state index contributed by atoms with van der Waals surface area (Å²) in [4.78, 5) is 11.5. The largest absolute Gasteiger partial charge is 0.291 e. The number of Topliss-reactive ketones (excluding diaryl/α,β-unsaturated/α-hetero) is 1. The van der Waals surface area contributed by atoms with Crippen LogP contribution in [0.2, 0.25) is 0 Å². The number of halogens is 2. The molecule has 0 amide bonds. The van der Waals surface area contributed by atoms with E-state index in [2.05, 4.69) is 32.9 Å². The number of hydrogen-bond acceptors (Lipinski definition) is 1. The summed E-state index contributed by atoms with van der Waals surface area (Å²) >= 11 is 13.0. The van der Waals surface area contributed by atoms with Crippen molar-refractivity contribution in [2.45, 2.75) is 51.8 Å². The fourth-order valence-corrected chi connectivity index (χ4v) is 3.28. The molecular formula is C18H22Cl2O. The number of benzene rings is 1. The van der Waals surface area contributed by atoms with Crippen molar-refractivity contribution in [3.8, 4) is 0 Å². The lowest BCUT2D eigenvalue weighted by molar-refractivity contribution is -0.120. The van der Waals surface area contributed by atoms with Crippen LogP contribution in [0.5, 0.6) is 0 Å². The number of carbonyl (C=O) groups excluding carboxylic acids is 1. The molecule has 1 aromatic carbocycles. The summed E-state index contributed by atoms with van der Waals surface area (Å²) in [6.45, 7) is 12.4. The van der Waals surface area contributed by atoms with E-state index >= 15 is 0 Å². The smallest absolute Gasteiger partial charge is 0.200 e. The summed E-state index contributed by atoms with van der Waals surface area (Å²) in [6.07, 6.45) is 1.74. The van der Waals surface area contributed by atoms with Crippen molar-refractivity contribution in [2.75, 3.05) is 0 Å². The molecule has 0 saturated carbocycles. The third kappa shape index (κ3) is 2.55. The third-order valence-corrected chi connectivity index (χ3v) is 5.36. The Morgan fingerprint density at radius 1 is 1.05 bits per heavy atom. The van der Waals surface area contributed by atoms with Gasteiger partial charge in [0.2, 0.25) is 0 Å². The Bertz CT molecular complexity index is 630. The molecule has 0 radical (unpaired) electrons. The van der Waals surface area contributed by atoms with Crippen LogP contribution in [-0.2, 0) is 15.1 Å². The molecule has 1 unspecified atom stereocenters. The Balaban J connectivity index is 2.74. The molecule has 0 aliphatic heterocycles. The van der Waals surface area contributed by atoms with Gasteiger partial charge in [0, 0.05) is 0 Å². The van der Waals surface area contributed by atoms with E-state index in [1.54, 1.807) is 6.08 Å². The van der Waals surface area contributed by atoms with Gasteiger partial charge in [0.15, 0.2) is 5.78 Å². The molecular weight excluding hydrogens is 303 g/mol. The lowest BCUT2D eigenvalue weighted by atomic mass is 9.69. The molecule has 0 N–H and O–H groups in total. The highest BCUT2D eigenvalue weighted by molar-refractivity contribution is 6.52. The Morgan fingerprint density at radius 3 is 2.10 bits per heavy atom. The van der Waals surface area contributed by atoms with Crippen molar-refractivity contribution in [1.29, 1.82) is 0 Å². The molecule has 1 atom stereocenters. The van der Waals surface area contributed by atoms with Crippen molar-refractivity contribution in [1.82, 2.24) is 0 Å². The molecule has 1 nitrogen and oxygen atoms in total. The second-order valence-corrected chi connectivity index (χ2v) is 8.76. The molecule has 0 saturated heterocycles. The molecule has 114 valence electrons. The van der Waals surface area contributed by atoms with Crippen LogP contribution in [0.25, 0.3) is 6.08 Å². The molecule has 0 spiro atoms. The first-order chi connectivity index (χ1) is 9.39. The Labute approximate surface area is 137 Å². The SMILES string of the molecule is CC(C)(C)c1ccc2c(c1)C=C(Cl)C(=O)C2(Cl)C(C)(C)C. The van der Waals surface area contributed by atoms with E-state index in [1.807, 2.05) is 26.8 Å². The van der Waals surface area contributed by atoms with Gasteiger partial charge in [-0.1, -0.05) is 71.3 Å². The number of carbonyl (C=O) groups is 1. The molecule has 1 aliphatic carbocycles. The molecule has 0 aromatic heterocycles. The van der Waals surface area contributed by atoms with Gasteiger partial charge in [-0.15, -0.1) is 11.6 Å². The minimum absolute atomic E-state index is 0.0352. The highest BCUT2D eigenvalue weighted by Gasteiger charge is 2.51. The maximum Gasteiger partial charge on any atom is 0.200 e. The number of alkyl halides is 1. The number of allylic oxidation sites excluding steroid dienone is 1. The summed E-state index contributed by atoms with van der Waals surface area (Å²) in [5.74, 6) is -0.214. The molecule has 0 fully saturated rings. The Kier molecular flexibility index (Phi) is 3.84. The van der Waals surface area contributed by atoms with E-state index in [-0.39, 0.29) is 16.2 Å². The Hall–Kier alpha value is -0.790. The number of hydrogen-bond donors (Lipinski definition) is 0. The van der Waals surface area contributed by atoms with Crippen LogP contribution in [0.3, 0.4) is 0 Å². The topological polar surface area (TPSA) is 17.1 Å². The lowest BCUT2D eigenvalue weighted by Crippen LogP contribution is -2.44. The first kappa shape index (κ1) is 16.6. The van der Waals surface area contributed by atoms with E-state index < -0.39 is 10.3 Å². The standard InChI is InChI=1S/C18H22Cl2O/c1-16(2,3)12-7-8-13-11(9-12)10-14(19)15(21)18(13,20)17(4,5)6/h7-10H,1-6H3. The van der Waals surface area contributed by atoms with Crippen molar-refractivity contribution >= 4 is 35.1 Å². The Morgan fingerprint density at radius 2 is 1.62 bits per heavy atom. The molecule has 1 aromatic rings. The highest BCUT2D eigenvalue weighted by atomic mass is 35.5. The van der Waals surface area contributed by atoms with Crippen LogP contribution in [-0.4, -0.2) is 5.78 Å². The fourth-order valence-electron chi connectivity index (χ4n) is 2.70. The quantitative estimate of drug-likeness (QED) is 0.565. The van der Waals surface area contributed by atoms with Crippen molar-refractivity contribution < 1.29 is 4.79 Å². The second kappa shape index (κ2) is 4.86. The molecule has 2 rings (SSSR count). The molecule has 0 heterocycles. The van der Waals surface area contributed by atoms with Crippen LogP contribution in [0, 0.1) is 5.41 Å². The van der Waals surface area contributed by atoms with Gasteiger partial charge in [0.25, 0.3) is 0 Å². The molecule has 21 heavy (non-hydrogen) atoms. The predicted octanol–water partition coefficient (Wildman–Crippen LogP) is 5.63. The zero-order valence-electron chi connectivity index (χ0n) is 13.5. The first-order valence-electron chi connectivity index (χ1n) is 7.15. The number of ketones is 1. The van der Waals surface area contributed by atoms with Gasteiger partial charge >= 0.3 is 0 Å². The number of fused-ring (bicyclic) bond motifs is 1. The van der Waals surface area contributed by atoms with Gasteiger partial charge in [-0.25, -0.2) is 0 Å². The van der Waals surface area contributed by atoms with Gasteiger partial charge in [0.1, 0.15) is 4.87 Å². The predicted molar refractivity (Wildman–Crippen MR) is 91.0 cm³/mol. The average molecular weight is 325 g/mol. The van der Waals surface area contributed by atoms with Gasteiger partial charge in [-0.05, 0) is 33.6 Å². The summed E-state index contributed by atoms with van der Waals surface area (Å²) < 4.78 is 0. The maximum absolute atomic E-state index is 12.6. The summed E-state index contributed by atoms with van der Waals surface area (Å²) in [6, 6.07) is 6.13. The van der Waals surface area contributed by atoms with Gasteiger partial charge in [-0.2, -0.15) is 0 Å². The van der Waals surface area contributed by atoms with E-state index in [0.29, 0.717) is 0 Å². The van der Waals surface area contributed by atoms with Crippen molar-refractivity contribution in [3.63, 3.8) is 0 Å². The minimum Gasteiger partial charge on any atom is -0.291 e. The minimum atomic E-state index is -1.12. The second-order valence-electron chi connectivity index (χ2n) is 7.78. The third-order valence-electron chi connectivity index (χ3n) is 4.13.